The number of hydrogen-bond acceptors (Lipinski definition) is 3. The number of rotatable bonds is 5. The third kappa shape index (κ3) is 7.82. The van der Waals surface area contributed by atoms with E-state index >= 15 is 0 Å². The van der Waals surface area contributed by atoms with E-state index in [0.717, 1.165) is 12.8 Å². The second kappa shape index (κ2) is 8.81. The normalized spacial score (nSPS) is 11.6. The number of ether oxygens (including phenoxy) is 1. The number of halogens is 1. The molecular weight excluding hydrogens is 178 g/mol. The molecule has 0 saturated carbocycles. The molecule has 2 N–H and O–H groups in total. The largest absolute Gasteiger partial charge is 0.466 e. The van der Waals surface area contributed by atoms with Gasteiger partial charge in [-0.3, -0.25) is 4.79 Å². The lowest BCUT2D eigenvalue weighted by atomic mass is 10.1. The van der Waals surface area contributed by atoms with Crippen LogP contribution in [-0.4, -0.2) is 18.6 Å². The van der Waals surface area contributed by atoms with Crippen molar-refractivity contribution in [1.29, 1.82) is 0 Å². The molecular formula is C8H18ClNO2. The molecule has 0 aromatic carbocycles. The molecule has 74 valence electrons. The van der Waals surface area contributed by atoms with Gasteiger partial charge in [0.2, 0.25) is 0 Å². The molecule has 0 aliphatic heterocycles. The minimum absolute atomic E-state index is 0. The second-order valence-corrected chi connectivity index (χ2v) is 2.56. The van der Waals surface area contributed by atoms with E-state index in [2.05, 4.69) is 0 Å². The highest BCUT2D eigenvalue weighted by atomic mass is 35.5. The number of carbonyl (C=O) groups is 1. The molecule has 0 aliphatic rings. The first-order valence-corrected chi connectivity index (χ1v) is 4.11. The lowest BCUT2D eigenvalue weighted by Crippen LogP contribution is -2.24. The van der Waals surface area contributed by atoms with Gasteiger partial charge in [-0.25, -0.2) is 0 Å². The Hall–Kier alpha value is -0.280. The number of carbonyl (C=O) groups excluding carboxylic acids is 1. The molecule has 0 spiro atoms. The predicted octanol–water partition coefficient (Wildman–Crippen LogP) is 1.49. The third-order valence-corrected chi connectivity index (χ3v) is 1.39. The van der Waals surface area contributed by atoms with E-state index in [-0.39, 0.29) is 24.4 Å². The van der Waals surface area contributed by atoms with Gasteiger partial charge in [-0.1, -0.05) is 13.3 Å². The Labute approximate surface area is 80.1 Å². The molecule has 0 aromatic heterocycles. The molecule has 1 atom stereocenters. The average Bonchev–Trinajstić information content (AvgIpc) is 1.87. The Morgan fingerprint density at radius 1 is 1.50 bits per heavy atom. The van der Waals surface area contributed by atoms with Crippen molar-refractivity contribution < 1.29 is 9.53 Å². The topological polar surface area (TPSA) is 52.3 Å². The summed E-state index contributed by atoms with van der Waals surface area (Å²) in [5.41, 5.74) is 5.61. The molecule has 0 rings (SSSR count). The molecule has 3 nitrogen and oxygen atoms in total. The molecule has 0 aromatic rings. The third-order valence-electron chi connectivity index (χ3n) is 1.39. The van der Waals surface area contributed by atoms with Crippen molar-refractivity contribution in [2.45, 2.75) is 39.2 Å². The highest BCUT2D eigenvalue weighted by molar-refractivity contribution is 5.85. The van der Waals surface area contributed by atoms with Gasteiger partial charge in [-0.15, -0.1) is 12.4 Å². The molecule has 0 amide bonds. The Morgan fingerprint density at radius 2 is 2.08 bits per heavy atom. The fraction of sp³-hybridized carbons (Fsp3) is 0.875. The van der Waals surface area contributed by atoms with Crippen molar-refractivity contribution in [2.24, 2.45) is 5.73 Å². The van der Waals surface area contributed by atoms with Crippen LogP contribution >= 0.6 is 12.4 Å². The van der Waals surface area contributed by atoms with E-state index in [1.165, 1.54) is 0 Å². The summed E-state index contributed by atoms with van der Waals surface area (Å²) in [6.45, 7) is 4.28. The van der Waals surface area contributed by atoms with E-state index in [4.69, 9.17) is 10.5 Å². The van der Waals surface area contributed by atoms with E-state index in [1.807, 2.05) is 6.92 Å². The minimum atomic E-state index is -0.187. The Balaban J connectivity index is 0. The highest BCUT2D eigenvalue weighted by Gasteiger charge is 2.08. The van der Waals surface area contributed by atoms with Crippen LogP contribution in [0.2, 0.25) is 0 Å². The molecule has 0 heterocycles. The number of nitrogens with two attached hydrogens (primary N) is 1. The van der Waals surface area contributed by atoms with Crippen LogP contribution in [0.3, 0.4) is 0 Å². The van der Waals surface area contributed by atoms with Gasteiger partial charge >= 0.3 is 5.97 Å². The maximum absolute atomic E-state index is 10.8. The highest BCUT2D eigenvalue weighted by Crippen LogP contribution is 1.99. The SMILES string of the molecule is CCC[C@@H](N)CC(=O)OCC.Cl. The lowest BCUT2D eigenvalue weighted by molar-refractivity contribution is -0.143. The first-order valence-electron chi connectivity index (χ1n) is 4.11. The zero-order valence-corrected chi connectivity index (χ0v) is 8.52. The van der Waals surface area contributed by atoms with Crippen molar-refractivity contribution in [2.75, 3.05) is 6.61 Å². The smallest absolute Gasteiger partial charge is 0.307 e. The predicted molar refractivity (Wildman–Crippen MR) is 51.4 cm³/mol. The van der Waals surface area contributed by atoms with Crippen LogP contribution in [0.5, 0.6) is 0 Å². The van der Waals surface area contributed by atoms with Gasteiger partial charge in [-0.05, 0) is 13.3 Å². The molecule has 0 unspecified atom stereocenters. The first kappa shape index (κ1) is 14.3. The van der Waals surface area contributed by atoms with Gasteiger partial charge in [0.15, 0.2) is 0 Å². The fourth-order valence-corrected chi connectivity index (χ4v) is 0.907. The number of hydrogen-bond donors (Lipinski definition) is 1. The summed E-state index contributed by atoms with van der Waals surface area (Å²) in [4.78, 5) is 10.8. The summed E-state index contributed by atoms with van der Waals surface area (Å²) in [5.74, 6) is -0.187. The van der Waals surface area contributed by atoms with Crippen LogP contribution in [0, 0.1) is 0 Å². The Kier molecular flexibility index (Phi) is 10.5. The van der Waals surface area contributed by atoms with E-state index in [1.54, 1.807) is 6.92 Å². The number of esters is 1. The molecule has 0 saturated heterocycles. The molecule has 0 bridgehead atoms. The van der Waals surface area contributed by atoms with Crippen molar-refractivity contribution in [1.82, 2.24) is 0 Å². The second-order valence-electron chi connectivity index (χ2n) is 2.56. The monoisotopic (exact) mass is 195 g/mol. The summed E-state index contributed by atoms with van der Waals surface area (Å²) in [5, 5.41) is 0. The van der Waals surface area contributed by atoms with Crippen molar-refractivity contribution in [3.8, 4) is 0 Å². The van der Waals surface area contributed by atoms with Crippen LogP contribution in [-0.2, 0) is 9.53 Å². The molecule has 0 aliphatic carbocycles. The fourth-order valence-electron chi connectivity index (χ4n) is 0.907. The van der Waals surface area contributed by atoms with Crippen molar-refractivity contribution in [3.63, 3.8) is 0 Å². The van der Waals surface area contributed by atoms with Gasteiger partial charge < -0.3 is 10.5 Å². The van der Waals surface area contributed by atoms with Crippen molar-refractivity contribution in [3.05, 3.63) is 0 Å². The summed E-state index contributed by atoms with van der Waals surface area (Å²) in [7, 11) is 0. The van der Waals surface area contributed by atoms with E-state index in [9.17, 15) is 4.79 Å². The van der Waals surface area contributed by atoms with Gasteiger partial charge in [0.05, 0.1) is 13.0 Å². The Morgan fingerprint density at radius 3 is 2.50 bits per heavy atom. The maximum atomic E-state index is 10.8. The minimum Gasteiger partial charge on any atom is -0.466 e. The van der Waals surface area contributed by atoms with Crippen LogP contribution < -0.4 is 5.73 Å². The molecule has 12 heavy (non-hydrogen) atoms. The van der Waals surface area contributed by atoms with Gasteiger partial charge in [0.1, 0.15) is 0 Å². The molecule has 0 radical (unpaired) electrons. The standard InChI is InChI=1S/C8H17NO2.ClH/c1-3-5-7(9)6-8(10)11-4-2;/h7H,3-6,9H2,1-2H3;1H/t7-;/m1./s1. The first-order chi connectivity index (χ1) is 5.20. The van der Waals surface area contributed by atoms with Crippen LogP contribution in [0.15, 0.2) is 0 Å². The maximum Gasteiger partial charge on any atom is 0.307 e. The molecule has 4 heteroatoms. The summed E-state index contributed by atoms with van der Waals surface area (Å²) in [6, 6.07) is -0.0287. The quantitative estimate of drug-likeness (QED) is 0.677. The van der Waals surface area contributed by atoms with Gasteiger partial charge in [0.25, 0.3) is 0 Å². The summed E-state index contributed by atoms with van der Waals surface area (Å²) in [6.07, 6.45) is 2.25. The van der Waals surface area contributed by atoms with E-state index < -0.39 is 0 Å². The Bertz CT molecular complexity index is 120. The van der Waals surface area contributed by atoms with Crippen LogP contribution in [0.4, 0.5) is 0 Å². The summed E-state index contributed by atoms with van der Waals surface area (Å²) < 4.78 is 4.74. The van der Waals surface area contributed by atoms with Crippen LogP contribution in [0.25, 0.3) is 0 Å². The zero-order valence-electron chi connectivity index (χ0n) is 7.71. The lowest BCUT2D eigenvalue weighted by Gasteiger charge is -2.08. The zero-order chi connectivity index (χ0) is 8.69. The van der Waals surface area contributed by atoms with E-state index in [0.29, 0.717) is 13.0 Å². The van der Waals surface area contributed by atoms with Crippen LogP contribution in [0.1, 0.15) is 33.1 Å². The average molecular weight is 196 g/mol. The summed E-state index contributed by atoms with van der Waals surface area (Å²) >= 11 is 0. The van der Waals surface area contributed by atoms with Gasteiger partial charge in [0, 0.05) is 6.04 Å². The van der Waals surface area contributed by atoms with Crippen molar-refractivity contribution >= 4 is 18.4 Å². The van der Waals surface area contributed by atoms with Gasteiger partial charge in [-0.2, -0.15) is 0 Å². The molecule has 0 fully saturated rings.